The van der Waals surface area contributed by atoms with Crippen molar-refractivity contribution in [3.8, 4) is 0 Å². The van der Waals surface area contributed by atoms with Crippen molar-refractivity contribution in [3.63, 3.8) is 0 Å². The standard InChI is InChI=1S/C19H21N/c1-2-6-15-12-18(10-9-14(15)5-1)20-13-17-11-16-7-3-4-8-19(16)17/h1-8,17-18,20H,9-13H2. The first-order valence-electron chi connectivity index (χ1n) is 7.78. The number of nitrogens with one attached hydrogen (secondary N) is 1. The third-order valence-corrected chi connectivity index (χ3v) is 4.96. The molecule has 0 saturated heterocycles. The second-order valence-corrected chi connectivity index (χ2v) is 6.22. The zero-order valence-corrected chi connectivity index (χ0v) is 11.8. The highest BCUT2D eigenvalue weighted by molar-refractivity contribution is 5.40. The molecule has 1 heteroatoms. The predicted octanol–water partition coefficient (Wildman–Crippen LogP) is 3.47. The van der Waals surface area contributed by atoms with Gasteiger partial charge in [0.25, 0.3) is 0 Å². The predicted molar refractivity (Wildman–Crippen MR) is 83.1 cm³/mol. The van der Waals surface area contributed by atoms with Crippen LogP contribution in [0.5, 0.6) is 0 Å². The first kappa shape index (κ1) is 12.2. The molecule has 0 amide bonds. The van der Waals surface area contributed by atoms with Crippen molar-refractivity contribution in [3.05, 3.63) is 70.8 Å². The molecule has 0 bridgehead atoms. The summed E-state index contributed by atoms with van der Waals surface area (Å²) < 4.78 is 0. The van der Waals surface area contributed by atoms with Gasteiger partial charge in [0, 0.05) is 18.5 Å². The summed E-state index contributed by atoms with van der Waals surface area (Å²) in [6.07, 6.45) is 4.97. The number of benzene rings is 2. The van der Waals surface area contributed by atoms with Gasteiger partial charge in [-0.3, -0.25) is 0 Å². The molecule has 0 radical (unpaired) electrons. The van der Waals surface area contributed by atoms with Crippen molar-refractivity contribution in [2.75, 3.05) is 6.54 Å². The van der Waals surface area contributed by atoms with Crippen LogP contribution in [0.25, 0.3) is 0 Å². The minimum absolute atomic E-state index is 0.665. The van der Waals surface area contributed by atoms with Crippen molar-refractivity contribution in [2.45, 2.75) is 37.6 Å². The van der Waals surface area contributed by atoms with Gasteiger partial charge in [0.05, 0.1) is 0 Å². The van der Waals surface area contributed by atoms with Crippen molar-refractivity contribution >= 4 is 0 Å². The second-order valence-electron chi connectivity index (χ2n) is 6.22. The lowest BCUT2D eigenvalue weighted by molar-refractivity contribution is 0.424. The summed E-state index contributed by atoms with van der Waals surface area (Å²) in [7, 11) is 0. The van der Waals surface area contributed by atoms with Gasteiger partial charge in [-0.15, -0.1) is 0 Å². The zero-order chi connectivity index (χ0) is 13.4. The zero-order valence-electron chi connectivity index (χ0n) is 11.8. The minimum Gasteiger partial charge on any atom is -0.313 e. The van der Waals surface area contributed by atoms with E-state index in [0.717, 1.165) is 12.5 Å². The van der Waals surface area contributed by atoms with E-state index < -0.39 is 0 Å². The molecule has 0 aliphatic heterocycles. The summed E-state index contributed by atoms with van der Waals surface area (Å²) in [5.74, 6) is 0.739. The Hall–Kier alpha value is -1.60. The lowest BCUT2D eigenvalue weighted by atomic mass is 9.77. The Balaban J connectivity index is 1.36. The number of rotatable bonds is 3. The van der Waals surface area contributed by atoms with Crippen molar-refractivity contribution < 1.29 is 0 Å². The van der Waals surface area contributed by atoms with Crippen molar-refractivity contribution in [1.29, 1.82) is 0 Å². The van der Waals surface area contributed by atoms with Crippen LogP contribution in [0.1, 0.15) is 34.6 Å². The monoisotopic (exact) mass is 263 g/mol. The summed E-state index contributed by atoms with van der Waals surface area (Å²) in [5, 5.41) is 3.81. The molecule has 0 aromatic heterocycles. The molecule has 2 unspecified atom stereocenters. The fourth-order valence-electron chi connectivity index (χ4n) is 3.73. The number of fused-ring (bicyclic) bond motifs is 2. The first-order chi connectivity index (χ1) is 9.90. The Morgan fingerprint density at radius 3 is 2.45 bits per heavy atom. The lowest BCUT2D eigenvalue weighted by Gasteiger charge is -2.33. The SMILES string of the molecule is c1ccc2c(c1)CCC(NCC1Cc3ccccc31)C2. The molecule has 20 heavy (non-hydrogen) atoms. The Kier molecular flexibility index (Phi) is 3.08. The molecule has 0 fully saturated rings. The molecule has 1 nitrogen and oxygen atoms in total. The van der Waals surface area contributed by atoms with E-state index in [2.05, 4.69) is 53.8 Å². The molecule has 0 spiro atoms. The molecular weight excluding hydrogens is 242 g/mol. The van der Waals surface area contributed by atoms with E-state index in [1.165, 1.54) is 25.7 Å². The number of hydrogen-bond donors (Lipinski definition) is 1. The first-order valence-corrected chi connectivity index (χ1v) is 7.78. The third kappa shape index (κ3) is 2.16. The van der Waals surface area contributed by atoms with Crippen LogP contribution in [-0.2, 0) is 19.3 Å². The van der Waals surface area contributed by atoms with Crippen molar-refractivity contribution in [1.82, 2.24) is 5.32 Å². The molecule has 4 rings (SSSR count). The van der Waals surface area contributed by atoms with E-state index in [-0.39, 0.29) is 0 Å². The van der Waals surface area contributed by atoms with Crippen LogP contribution in [0.4, 0.5) is 0 Å². The van der Waals surface area contributed by atoms with Gasteiger partial charge in [-0.05, 0) is 47.9 Å². The van der Waals surface area contributed by atoms with Crippen LogP contribution in [0, 0.1) is 0 Å². The normalized spacial score (nSPS) is 23.6. The fraction of sp³-hybridized carbons (Fsp3) is 0.368. The van der Waals surface area contributed by atoms with E-state index in [0.29, 0.717) is 6.04 Å². The average molecular weight is 263 g/mol. The summed E-state index contributed by atoms with van der Waals surface area (Å²) in [4.78, 5) is 0. The van der Waals surface area contributed by atoms with Crippen LogP contribution in [0.2, 0.25) is 0 Å². The van der Waals surface area contributed by atoms with Crippen LogP contribution >= 0.6 is 0 Å². The summed E-state index contributed by atoms with van der Waals surface area (Å²) >= 11 is 0. The molecule has 1 N–H and O–H groups in total. The second kappa shape index (κ2) is 5.06. The average Bonchev–Trinajstić information content (AvgIpc) is 2.48. The van der Waals surface area contributed by atoms with Crippen LogP contribution in [-0.4, -0.2) is 12.6 Å². The maximum atomic E-state index is 3.81. The molecular formula is C19H21N. The molecule has 2 aliphatic carbocycles. The summed E-state index contributed by atoms with van der Waals surface area (Å²) in [6.45, 7) is 1.14. The maximum absolute atomic E-state index is 3.81. The van der Waals surface area contributed by atoms with Gasteiger partial charge < -0.3 is 5.32 Å². The Bertz CT molecular complexity index is 617. The summed E-state index contributed by atoms with van der Waals surface area (Å²) in [6, 6.07) is 18.5. The van der Waals surface area contributed by atoms with E-state index in [9.17, 15) is 0 Å². The lowest BCUT2D eigenvalue weighted by Crippen LogP contribution is -2.39. The quantitative estimate of drug-likeness (QED) is 0.894. The fourth-order valence-corrected chi connectivity index (χ4v) is 3.73. The maximum Gasteiger partial charge on any atom is 0.0111 e. The highest BCUT2D eigenvalue weighted by atomic mass is 14.9. The highest BCUT2D eigenvalue weighted by Gasteiger charge is 2.26. The smallest absolute Gasteiger partial charge is 0.0111 e. The van der Waals surface area contributed by atoms with Gasteiger partial charge in [-0.25, -0.2) is 0 Å². The van der Waals surface area contributed by atoms with Crippen molar-refractivity contribution in [2.24, 2.45) is 0 Å². The topological polar surface area (TPSA) is 12.0 Å². The van der Waals surface area contributed by atoms with Gasteiger partial charge >= 0.3 is 0 Å². The minimum atomic E-state index is 0.665. The third-order valence-electron chi connectivity index (χ3n) is 4.96. The van der Waals surface area contributed by atoms with Crippen LogP contribution < -0.4 is 5.32 Å². The van der Waals surface area contributed by atoms with Crippen LogP contribution in [0.15, 0.2) is 48.5 Å². The molecule has 0 heterocycles. The molecule has 2 aliphatic rings. The Morgan fingerprint density at radius 1 is 0.850 bits per heavy atom. The number of aryl methyl sites for hydroxylation is 1. The van der Waals surface area contributed by atoms with Gasteiger partial charge in [0.15, 0.2) is 0 Å². The Morgan fingerprint density at radius 2 is 1.60 bits per heavy atom. The van der Waals surface area contributed by atoms with E-state index in [1.807, 2.05) is 0 Å². The molecule has 2 atom stereocenters. The van der Waals surface area contributed by atoms with Gasteiger partial charge in [-0.2, -0.15) is 0 Å². The van der Waals surface area contributed by atoms with Gasteiger partial charge in [0.1, 0.15) is 0 Å². The molecule has 102 valence electrons. The molecule has 0 saturated carbocycles. The van der Waals surface area contributed by atoms with Gasteiger partial charge in [-0.1, -0.05) is 48.5 Å². The highest BCUT2D eigenvalue weighted by Crippen LogP contribution is 2.34. The van der Waals surface area contributed by atoms with Gasteiger partial charge in [0.2, 0.25) is 0 Å². The molecule has 2 aromatic carbocycles. The van der Waals surface area contributed by atoms with E-state index >= 15 is 0 Å². The molecule has 2 aromatic rings. The largest absolute Gasteiger partial charge is 0.313 e. The van der Waals surface area contributed by atoms with E-state index in [1.54, 1.807) is 22.3 Å². The van der Waals surface area contributed by atoms with E-state index in [4.69, 9.17) is 0 Å². The van der Waals surface area contributed by atoms with Crippen LogP contribution in [0.3, 0.4) is 0 Å². The summed E-state index contributed by atoms with van der Waals surface area (Å²) in [5.41, 5.74) is 6.22. The number of hydrogen-bond acceptors (Lipinski definition) is 1. The Labute approximate surface area is 121 Å².